The molecule has 2 N–H and O–H groups in total. The molecule has 41 heavy (non-hydrogen) atoms. The number of hydrogen-bond acceptors (Lipinski definition) is 7. The summed E-state index contributed by atoms with van der Waals surface area (Å²) in [6.07, 6.45) is 5.49. The average molecular weight is 574 g/mol. The van der Waals surface area contributed by atoms with Crippen molar-refractivity contribution in [2.75, 3.05) is 45.3 Å². The number of hydrogen-bond donors (Lipinski definition) is 2. The lowest BCUT2D eigenvalue weighted by Gasteiger charge is -2.35. The number of methoxy groups -OCH3 is 1. The third-order valence-corrected chi connectivity index (χ3v) is 8.57. The fourth-order valence-electron chi connectivity index (χ4n) is 6.20. The van der Waals surface area contributed by atoms with Crippen LogP contribution in [0.15, 0.2) is 18.2 Å². The fraction of sp³-hybridized carbons (Fsp3) is 0.613. The molecule has 8 nitrogen and oxygen atoms in total. The van der Waals surface area contributed by atoms with Crippen LogP contribution in [0.3, 0.4) is 0 Å². The number of nitrogens with one attached hydrogen (secondary N) is 1. The van der Waals surface area contributed by atoms with E-state index in [9.17, 15) is 18.7 Å². The lowest BCUT2D eigenvalue weighted by atomic mass is 9.82. The number of aromatic nitrogens is 1. The number of pyridine rings is 1. The number of ether oxygens (including phenoxy) is 3. The maximum Gasteiger partial charge on any atom is 0.325 e. The van der Waals surface area contributed by atoms with Crippen LogP contribution in [0.5, 0.6) is 11.5 Å². The number of aliphatic carboxylic acids is 1. The van der Waals surface area contributed by atoms with Crippen LogP contribution < -0.4 is 14.8 Å². The van der Waals surface area contributed by atoms with E-state index >= 15 is 0 Å². The number of rotatable bonds is 11. The van der Waals surface area contributed by atoms with Gasteiger partial charge in [0.1, 0.15) is 34.8 Å². The fourth-order valence-corrected chi connectivity index (χ4v) is 6.20. The molecule has 0 spiro atoms. The van der Waals surface area contributed by atoms with Crippen LogP contribution in [-0.4, -0.2) is 72.7 Å². The van der Waals surface area contributed by atoms with Crippen LogP contribution in [-0.2, 0) is 28.8 Å². The van der Waals surface area contributed by atoms with E-state index in [4.69, 9.17) is 19.2 Å². The van der Waals surface area contributed by atoms with Crippen molar-refractivity contribution in [3.8, 4) is 11.5 Å². The Bertz CT molecular complexity index is 1230. The molecule has 10 heteroatoms. The smallest absolute Gasteiger partial charge is 0.325 e. The molecule has 1 saturated heterocycles. The first-order valence-corrected chi connectivity index (χ1v) is 14.7. The summed E-state index contributed by atoms with van der Waals surface area (Å²) in [7, 11) is 1.69. The van der Waals surface area contributed by atoms with Gasteiger partial charge in [-0.15, -0.1) is 0 Å². The van der Waals surface area contributed by atoms with Gasteiger partial charge in [0.15, 0.2) is 0 Å². The minimum atomic E-state index is -1.51. The third-order valence-electron chi connectivity index (χ3n) is 8.57. The number of carboxylic acid groups (broad SMARTS) is 1. The molecule has 3 atom stereocenters. The van der Waals surface area contributed by atoms with Gasteiger partial charge in [-0.2, -0.15) is 0 Å². The quantitative estimate of drug-likeness (QED) is 0.358. The van der Waals surface area contributed by atoms with Crippen molar-refractivity contribution < 1.29 is 32.9 Å². The molecule has 2 unspecified atom stereocenters. The molecule has 0 saturated carbocycles. The summed E-state index contributed by atoms with van der Waals surface area (Å²) in [6.45, 7) is 5.53. The van der Waals surface area contributed by atoms with Gasteiger partial charge in [0, 0.05) is 61.1 Å². The summed E-state index contributed by atoms with van der Waals surface area (Å²) in [5.41, 5.74) is 1.55. The van der Waals surface area contributed by atoms with Gasteiger partial charge < -0.3 is 24.6 Å². The van der Waals surface area contributed by atoms with E-state index < -0.39 is 29.4 Å². The molecule has 3 aliphatic heterocycles. The lowest BCUT2D eigenvalue weighted by molar-refractivity contribution is -0.143. The Labute approximate surface area is 240 Å². The van der Waals surface area contributed by atoms with E-state index in [0.717, 1.165) is 61.5 Å². The van der Waals surface area contributed by atoms with Gasteiger partial charge in [-0.25, -0.2) is 13.8 Å². The lowest BCUT2D eigenvalue weighted by Crippen LogP contribution is -2.38. The van der Waals surface area contributed by atoms with Gasteiger partial charge in [0.05, 0.1) is 19.8 Å². The molecule has 1 aromatic heterocycles. The van der Waals surface area contributed by atoms with Crippen molar-refractivity contribution in [2.45, 2.75) is 76.6 Å². The predicted octanol–water partition coefficient (Wildman–Crippen LogP) is 5.13. The maximum absolute atomic E-state index is 14.8. The number of unbranched alkanes of at least 4 members (excludes halogenated alkanes) is 1. The second-order valence-electron chi connectivity index (χ2n) is 11.9. The predicted molar refractivity (Wildman–Crippen MR) is 151 cm³/mol. The number of carbonyl (C=O) groups is 1. The van der Waals surface area contributed by atoms with Gasteiger partial charge in [0.2, 0.25) is 0 Å². The molecule has 0 bridgehead atoms. The van der Waals surface area contributed by atoms with Gasteiger partial charge in [0.25, 0.3) is 0 Å². The summed E-state index contributed by atoms with van der Waals surface area (Å²) in [5.74, 6) is 0.0514. The number of fused-ring (bicyclic) bond motifs is 2. The van der Waals surface area contributed by atoms with Crippen LogP contribution in [0.2, 0.25) is 0 Å². The highest BCUT2D eigenvalue weighted by Gasteiger charge is 2.40. The summed E-state index contributed by atoms with van der Waals surface area (Å²) < 4.78 is 46.7. The minimum absolute atomic E-state index is 0.110. The Morgan fingerprint density at radius 1 is 1.29 bits per heavy atom. The van der Waals surface area contributed by atoms with Crippen molar-refractivity contribution in [1.82, 2.24) is 9.88 Å². The van der Waals surface area contributed by atoms with E-state index in [1.165, 1.54) is 26.0 Å². The number of aryl methyl sites for hydroxylation is 1. The number of likely N-dealkylation sites (tertiary alicyclic amines) is 1. The molecule has 0 amide bonds. The van der Waals surface area contributed by atoms with Gasteiger partial charge in [-0.05, 0) is 70.4 Å². The molecule has 224 valence electrons. The van der Waals surface area contributed by atoms with Crippen LogP contribution in [0.25, 0.3) is 0 Å². The van der Waals surface area contributed by atoms with Gasteiger partial charge in [-0.1, -0.05) is 0 Å². The number of anilines is 1. The second kappa shape index (κ2) is 12.5. The summed E-state index contributed by atoms with van der Waals surface area (Å²) >= 11 is 0. The van der Waals surface area contributed by atoms with Crippen molar-refractivity contribution >= 4 is 11.8 Å². The molecule has 5 rings (SSSR count). The highest BCUT2D eigenvalue weighted by atomic mass is 19.1. The first kappa shape index (κ1) is 29.5. The first-order valence-electron chi connectivity index (χ1n) is 14.7. The highest BCUT2D eigenvalue weighted by Crippen LogP contribution is 2.40. The Hall–Kier alpha value is -2.98. The van der Waals surface area contributed by atoms with E-state index in [1.54, 1.807) is 7.11 Å². The van der Waals surface area contributed by atoms with Crippen LogP contribution in [0.4, 0.5) is 14.6 Å². The van der Waals surface area contributed by atoms with Crippen molar-refractivity contribution in [3.63, 3.8) is 0 Å². The van der Waals surface area contributed by atoms with E-state index in [1.807, 2.05) is 11.0 Å². The molecule has 0 radical (unpaired) electrons. The third kappa shape index (κ3) is 6.75. The maximum atomic E-state index is 14.8. The number of nitrogens with zero attached hydrogens (tertiary/aromatic N) is 2. The monoisotopic (exact) mass is 573 g/mol. The summed E-state index contributed by atoms with van der Waals surface area (Å²) in [5, 5.41) is 13.6. The standard InChI is InChI=1S/C31H41F2N3O5/c1-31(2,33)19-13-24-25(14-20(32)15-27(24)41-18-19)28(30(37)38)36-11-9-22(17-36)40-12-5-4-7-21-16-26(39-3)23-8-6-10-34-29(23)35-21/h14-16,19,22,28H,4-13,17-18H2,1-3H3,(H,34,35)(H,37,38)/t19?,22-,28?/m1/s1. The Kier molecular flexibility index (Phi) is 8.99. The van der Waals surface area contributed by atoms with Crippen molar-refractivity contribution in [3.05, 3.63) is 46.4 Å². The molecular formula is C31H41F2N3O5. The Morgan fingerprint density at radius 3 is 2.88 bits per heavy atom. The summed E-state index contributed by atoms with van der Waals surface area (Å²) in [6, 6.07) is 3.50. The van der Waals surface area contributed by atoms with Crippen molar-refractivity contribution in [2.24, 2.45) is 5.92 Å². The molecule has 3 aliphatic rings. The zero-order valence-electron chi connectivity index (χ0n) is 24.2. The number of carboxylic acids is 1. The normalized spacial score (nSPS) is 21.4. The molecule has 4 heterocycles. The SMILES string of the molecule is COc1cc(CCCCO[C@@H]2CCN(C(C(=O)O)c3cc(F)cc4c3CC(C(C)(C)F)CO4)C2)nc2c1CCCN2. The number of benzene rings is 1. The van der Waals surface area contributed by atoms with Crippen LogP contribution in [0, 0.1) is 11.7 Å². The summed E-state index contributed by atoms with van der Waals surface area (Å²) in [4.78, 5) is 19.1. The molecule has 1 fully saturated rings. The second-order valence-corrected chi connectivity index (χ2v) is 11.9. The van der Waals surface area contributed by atoms with Crippen molar-refractivity contribution in [1.29, 1.82) is 0 Å². The Balaban J connectivity index is 1.17. The van der Waals surface area contributed by atoms with E-state index in [2.05, 4.69) is 5.32 Å². The minimum Gasteiger partial charge on any atom is -0.496 e. The zero-order chi connectivity index (χ0) is 29.1. The van der Waals surface area contributed by atoms with E-state index in [-0.39, 0.29) is 12.7 Å². The topological polar surface area (TPSA) is 93.2 Å². The molecule has 0 aliphatic carbocycles. The first-order chi connectivity index (χ1) is 19.6. The zero-order valence-corrected chi connectivity index (χ0v) is 24.2. The Morgan fingerprint density at radius 2 is 2.12 bits per heavy atom. The highest BCUT2D eigenvalue weighted by molar-refractivity contribution is 5.77. The molecule has 1 aromatic carbocycles. The largest absolute Gasteiger partial charge is 0.496 e. The number of halogens is 2. The van der Waals surface area contributed by atoms with Gasteiger partial charge >= 0.3 is 5.97 Å². The average Bonchev–Trinajstić information content (AvgIpc) is 3.39. The molecule has 2 aromatic rings. The molecular weight excluding hydrogens is 532 g/mol. The van der Waals surface area contributed by atoms with Gasteiger partial charge in [-0.3, -0.25) is 9.69 Å². The van der Waals surface area contributed by atoms with Crippen LogP contribution >= 0.6 is 0 Å². The van der Waals surface area contributed by atoms with Crippen LogP contribution in [0.1, 0.15) is 68.0 Å². The number of alkyl halides is 1. The van der Waals surface area contributed by atoms with E-state index in [0.29, 0.717) is 49.4 Å².